The molecule has 146 valence electrons. The van der Waals surface area contributed by atoms with E-state index >= 15 is 0 Å². The third kappa shape index (κ3) is 15.1. The molecule has 1 heterocycles. The molecule has 1 N–H and O–H groups in total. The van der Waals surface area contributed by atoms with Crippen molar-refractivity contribution in [1.82, 2.24) is 0 Å². The average molecular weight is 355 g/mol. The first kappa shape index (κ1) is 22.2. The summed E-state index contributed by atoms with van der Waals surface area (Å²) < 4.78 is 11.3. The largest absolute Gasteiger partial charge is 0.481 e. The van der Waals surface area contributed by atoms with Crippen LogP contribution in [0.5, 0.6) is 0 Å². The number of aliphatic carboxylic acids is 1. The summed E-state index contributed by atoms with van der Waals surface area (Å²) in [6.45, 7) is 3.86. The van der Waals surface area contributed by atoms with Gasteiger partial charge in [-0.15, -0.1) is 0 Å². The normalized spacial score (nSPS) is 17.9. The minimum Gasteiger partial charge on any atom is -0.481 e. The molecule has 1 saturated heterocycles. The quantitative estimate of drug-likeness (QED) is 0.200. The van der Waals surface area contributed by atoms with Crippen LogP contribution < -0.4 is 0 Å². The van der Waals surface area contributed by atoms with E-state index in [0.29, 0.717) is 18.6 Å². The van der Waals surface area contributed by atoms with Crippen molar-refractivity contribution in [3.05, 3.63) is 12.2 Å². The van der Waals surface area contributed by atoms with Crippen molar-refractivity contribution in [2.24, 2.45) is 0 Å². The first-order chi connectivity index (χ1) is 12.2. The van der Waals surface area contributed by atoms with Crippen molar-refractivity contribution >= 4 is 5.97 Å². The Morgan fingerprint density at radius 3 is 2.56 bits per heavy atom. The van der Waals surface area contributed by atoms with Crippen LogP contribution in [0.4, 0.5) is 0 Å². The maximum atomic E-state index is 10.4. The third-order valence-electron chi connectivity index (χ3n) is 4.63. The molecule has 0 saturated carbocycles. The lowest BCUT2D eigenvalue weighted by Gasteiger charge is -2.15. The molecule has 0 aromatic rings. The Morgan fingerprint density at radius 2 is 1.84 bits per heavy atom. The van der Waals surface area contributed by atoms with E-state index in [1.54, 1.807) is 0 Å². The SMILES string of the molecule is CCCCCCC(CC=CCCCCCCCC(=O)O)OCC1CO1. The minimum absolute atomic E-state index is 0.311. The molecule has 0 radical (unpaired) electrons. The fourth-order valence-electron chi connectivity index (χ4n) is 2.91. The number of unbranched alkanes of at least 4 members (excludes halogenated alkanes) is 8. The van der Waals surface area contributed by atoms with Crippen LogP contribution in [0.15, 0.2) is 12.2 Å². The summed E-state index contributed by atoms with van der Waals surface area (Å²) in [6, 6.07) is 0. The van der Waals surface area contributed by atoms with E-state index in [4.69, 9.17) is 14.6 Å². The maximum Gasteiger partial charge on any atom is 0.303 e. The van der Waals surface area contributed by atoms with Crippen LogP contribution in [0.3, 0.4) is 0 Å². The molecule has 0 aromatic carbocycles. The Morgan fingerprint density at radius 1 is 1.12 bits per heavy atom. The van der Waals surface area contributed by atoms with Crippen LogP contribution in [0, 0.1) is 0 Å². The van der Waals surface area contributed by atoms with Crippen molar-refractivity contribution in [2.75, 3.05) is 13.2 Å². The summed E-state index contributed by atoms with van der Waals surface area (Å²) in [5.41, 5.74) is 0. The van der Waals surface area contributed by atoms with Gasteiger partial charge in [-0.2, -0.15) is 0 Å². The second kappa shape index (κ2) is 15.4. The van der Waals surface area contributed by atoms with Crippen LogP contribution in [-0.2, 0) is 14.3 Å². The summed E-state index contributed by atoms with van der Waals surface area (Å²) >= 11 is 0. The van der Waals surface area contributed by atoms with Crippen LogP contribution in [0.1, 0.15) is 90.4 Å². The predicted octanol–water partition coefficient (Wildman–Crippen LogP) is 5.50. The fourth-order valence-corrected chi connectivity index (χ4v) is 2.91. The Bertz CT molecular complexity index is 350. The van der Waals surface area contributed by atoms with E-state index in [-0.39, 0.29) is 0 Å². The molecule has 1 aliphatic rings. The number of epoxide rings is 1. The summed E-state index contributed by atoms with van der Waals surface area (Å²) in [4.78, 5) is 10.4. The van der Waals surface area contributed by atoms with E-state index in [0.717, 1.165) is 51.7 Å². The molecule has 4 heteroatoms. The lowest BCUT2D eigenvalue weighted by molar-refractivity contribution is -0.137. The van der Waals surface area contributed by atoms with Gasteiger partial charge in [0, 0.05) is 6.42 Å². The summed E-state index contributed by atoms with van der Waals surface area (Å²) in [5, 5.41) is 8.58. The van der Waals surface area contributed by atoms with Gasteiger partial charge < -0.3 is 14.6 Å². The Kier molecular flexibility index (Phi) is 13.6. The molecule has 0 aromatic heterocycles. The van der Waals surface area contributed by atoms with Gasteiger partial charge in [-0.25, -0.2) is 0 Å². The van der Waals surface area contributed by atoms with Gasteiger partial charge in [0.05, 0.1) is 19.3 Å². The molecule has 2 atom stereocenters. The van der Waals surface area contributed by atoms with Gasteiger partial charge in [0.1, 0.15) is 6.10 Å². The van der Waals surface area contributed by atoms with Gasteiger partial charge in [-0.1, -0.05) is 64.0 Å². The lowest BCUT2D eigenvalue weighted by atomic mass is 10.1. The van der Waals surface area contributed by atoms with Crippen molar-refractivity contribution in [3.8, 4) is 0 Å². The molecule has 0 bridgehead atoms. The Balaban J connectivity index is 2.01. The standard InChI is InChI=1S/C21H38O4/c1-2-3-4-11-14-19(24-17-20-18-25-20)15-12-9-7-5-6-8-10-13-16-21(22)23/h9,12,19-20H,2-8,10-11,13-18H2,1H3,(H,22,23). The Hall–Kier alpha value is -0.870. The number of carboxylic acids is 1. The molecule has 25 heavy (non-hydrogen) atoms. The second-order valence-electron chi connectivity index (χ2n) is 7.17. The van der Waals surface area contributed by atoms with Crippen molar-refractivity contribution in [2.45, 2.75) is 103 Å². The molecule has 4 nitrogen and oxygen atoms in total. The second-order valence-corrected chi connectivity index (χ2v) is 7.17. The molecular weight excluding hydrogens is 316 g/mol. The number of allylic oxidation sites excluding steroid dienone is 1. The number of carboxylic acid groups (broad SMARTS) is 1. The molecular formula is C21H38O4. The van der Waals surface area contributed by atoms with Gasteiger partial charge in [0.25, 0.3) is 0 Å². The van der Waals surface area contributed by atoms with E-state index in [9.17, 15) is 4.79 Å². The summed E-state index contributed by atoms with van der Waals surface area (Å²) in [7, 11) is 0. The zero-order valence-corrected chi connectivity index (χ0v) is 16.1. The third-order valence-corrected chi connectivity index (χ3v) is 4.63. The smallest absolute Gasteiger partial charge is 0.303 e. The zero-order chi connectivity index (χ0) is 18.2. The van der Waals surface area contributed by atoms with Crippen molar-refractivity contribution in [1.29, 1.82) is 0 Å². The topological polar surface area (TPSA) is 59.1 Å². The van der Waals surface area contributed by atoms with E-state index in [1.807, 2.05) is 0 Å². The highest BCUT2D eigenvalue weighted by atomic mass is 16.6. The minimum atomic E-state index is -0.678. The van der Waals surface area contributed by atoms with Gasteiger partial charge >= 0.3 is 5.97 Å². The molecule has 1 fully saturated rings. The van der Waals surface area contributed by atoms with Crippen molar-refractivity contribution in [3.63, 3.8) is 0 Å². The molecule has 2 unspecified atom stereocenters. The molecule has 1 aliphatic heterocycles. The molecule has 0 spiro atoms. The van der Waals surface area contributed by atoms with E-state index in [1.165, 1.54) is 38.5 Å². The van der Waals surface area contributed by atoms with Crippen LogP contribution >= 0.6 is 0 Å². The zero-order valence-electron chi connectivity index (χ0n) is 16.1. The Labute approximate surface area is 154 Å². The van der Waals surface area contributed by atoms with Crippen LogP contribution in [0.25, 0.3) is 0 Å². The maximum absolute atomic E-state index is 10.4. The van der Waals surface area contributed by atoms with Gasteiger partial charge in [0.15, 0.2) is 0 Å². The van der Waals surface area contributed by atoms with E-state index < -0.39 is 5.97 Å². The predicted molar refractivity (Wildman–Crippen MR) is 102 cm³/mol. The number of carbonyl (C=O) groups is 1. The first-order valence-corrected chi connectivity index (χ1v) is 10.3. The molecule has 0 aliphatic carbocycles. The number of hydrogen-bond donors (Lipinski definition) is 1. The molecule has 0 amide bonds. The number of hydrogen-bond acceptors (Lipinski definition) is 3. The van der Waals surface area contributed by atoms with E-state index in [2.05, 4.69) is 19.1 Å². The summed E-state index contributed by atoms with van der Waals surface area (Å²) in [5.74, 6) is -0.678. The summed E-state index contributed by atoms with van der Waals surface area (Å²) in [6.07, 6.45) is 19.4. The highest BCUT2D eigenvalue weighted by Gasteiger charge is 2.23. The highest BCUT2D eigenvalue weighted by Crippen LogP contribution is 2.16. The number of rotatable bonds is 18. The fraction of sp³-hybridized carbons (Fsp3) is 0.857. The van der Waals surface area contributed by atoms with Crippen LogP contribution in [-0.4, -0.2) is 36.5 Å². The van der Waals surface area contributed by atoms with Crippen molar-refractivity contribution < 1.29 is 19.4 Å². The lowest BCUT2D eigenvalue weighted by Crippen LogP contribution is -2.15. The molecule has 1 rings (SSSR count). The highest BCUT2D eigenvalue weighted by molar-refractivity contribution is 5.66. The van der Waals surface area contributed by atoms with Crippen LogP contribution in [0.2, 0.25) is 0 Å². The first-order valence-electron chi connectivity index (χ1n) is 10.3. The van der Waals surface area contributed by atoms with Gasteiger partial charge in [0.2, 0.25) is 0 Å². The number of ether oxygens (including phenoxy) is 2. The van der Waals surface area contributed by atoms with Gasteiger partial charge in [-0.05, 0) is 32.1 Å². The van der Waals surface area contributed by atoms with Gasteiger partial charge in [-0.3, -0.25) is 4.79 Å². The monoisotopic (exact) mass is 354 g/mol. The average Bonchev–Trinajstić information content (AvgIpc) is 3.41.